The molecule has 2 aromatic rings. The molecule has 0 saturated carbocycles. The van der Waals surface area contributed by atoms with Crippen molar-refractivity contribution in [1.82, 2.24) is 15.3 Å². The van der Waals surface area contributed by atoms with Crippen molar-refractivity contribution >= 4 is 28.8 Å². The van der Waals surface area contributed by atoms with Gasteiger partial charge in [-0.1, -0.05) is 17.8 Å². The Balaban J connectivity index is 1.96. The first kappa shape index (κ1) is 13.9. The van der Waals surface area contributed by atoms with Gasteiger partial charge in [-0.25, -0.2) is 4.98 Å². The summed E-state index contributed by atoms with van der Waals surface area (Å²) in [4.78, 5) is 18.6. The number of imidazole rings is 1. The number of rotatable bonds is 6. The molecule has 0 spiro atoms. The molecule has 0 radical (unpaired) electrons. The molecule has 0 aliphatic heterocycles. The summed E-state index contributed by atoms with van der Waals surface area (Å²) in [5, 5.41) is 12.5. The highest BCUT2D eigenvalue weighted by atomic mass is 32.2. The molecule has 2 rings (SSSR count). The van der Waals surface area contributed by atoms with E-state index in [1.165, 1.54) is 5.56 Å². The smallest absolute Gasteiger partial charge is 0.320 e. The lowest BCUT2D eigenvalue weighted by Crippen LogP contribution is -2.34. The van der Waals surface area contributed by atoms with E-state index < -0.39 is 12.0 Å². The van der Waals surface area contributed by atoms with Crippen molar-refractivity contribution in [3.63, 3.8) is 0 Å². The second-order valence-electron chi connectivity index (χ2n) is 4.38. The van der Waals surface area contributed by atoms with Crippen LogP contribution in [-0.4, -0.2) is 39.9 Å². The number of aryl methyl sites for hydroxylation is 1. The van der Waals surface area contributed by atoms with Crippen LogP contribution in [0.2, 0.25) is 0 Å². The van der Waals surface area contributed by atoms with Crippen LogP contribution in [0.25, 0.3) is 11.0 Å². The Hall–Kier alpha value is -1.53. The van der Waals surface area contributed by atoms with E-state index in [9.17, 15) is 4.79 Å². The second kappa shape index (κ2) is 6.08. The maximum atomic E-state index is 10.9. The average Bonchev–Trinajstić information content (AvgIpc) is 2.75. The summed E-state index contributed by atoms with van der Waals surface area (Å²) in [6.45, 7) is 2.04. The number of hydrogen-bond donors (Lipinski definition) is 3. The van der Waals surface area contributed by atoms with E-state index in [0.29, 0.717) is 12.2 Å². The fourth-order valence-electron chi connectivity index (χ4n) is 1.83. The van der Waals surface area contributed by atoms with Gasteiger partial charge in [-0.3, -0.25) is 4.79 Å². The highest BCUT2D eigenvalue weighted by Crippen LogP contribution is 2.21. The van der Waals surface area contributed by atoms with Crippen molar-refractivity contribution in [3.05, 3.63) is 23.8 Å². The number of likely N-dealkylation sites (N-methyl/N-ethyl adjacent to an activating group) is 1. The molecule has 0 amide bonds. The average molecular weight is 279 g/mol. The summed E-state index contributed by atoms with van der Waals surface area (Å²) < 4.78 is 0. The zero-order chi connectivity index (χ0) is 13.8. The fraction of sp³-hybridized carbons (Fsp3) is 0.385. The molecule has 1 unspecified atom stereocenters. The molecule has 6 heteroatoms. The lowest BCUT2D eigenvalue weighted by Gasteiger charge is -2.09. The third-order valence-corrected chi connectivity index (χ3v) is 3.81. The molecule has 0 aliphatic rings. The van der Waals surface area contributed by atoms with E-state index in [-0.39, 0.29) is 0 Å². The van der Waals surface area contributed by atoms with Crippen LogP contribution in [0.1, 0.15) is 12.0 Å². The summed E-state index contributed by atoms with van der Waals surface area (Å²) in [7, 11) is 1.66. The van der Waals surface area contributed by atoms with Crippen molar-refractivity contribution in [2.24, 2.45) is 0 Å². The summed E-state index contributed by atoms with van der Waals surface area (Å²) in [6.07, 6.45) is 0.562. The molecule has 0 saturated heterocycles. The minimum absolute atomic E-state index is 0.501. The number of aliphatic carboxylic acids is 1. The third kappa shape index (κ3) is 3.48. The van der Waals surface area contributed by atoms with Crippen LogP contribution in [0.4, 0.5) is 0 Å². The van der Waals surface area contributed by atoms with Crippen LogP contribution in [0.5, 0.6) is 0 Å². The van der Waals surface area contributed by atoms with Gasteiger partial charge in [-0.2, -0.15) is 0 Å². The SMILES string of the molecule is CNC(CCSc1nc2ccc(C)cc2[nH]1)C(=O)O. The largest absolute Gasteiger partial charge is 0.480 e. The molecule has 1 aromatic heterocycles. The first-order chi connectivity index (χ1) is 9.10. The number of benzene rings is 1. The van der Waals surface area contributed by atoms with Crippen LogP contribution in [0.3, 0.4) is 0 Å². The van der Waals surface area contributed by atoms with E-state index in [0.717, 1.165) is 16.2 Å². The minimum Gasteiger partial charge on any atom is -0.480 e. The highest BCUT2D eigenvalue weighted by molar-refractivity contribution is 7.99. The number of hydrogen-bond acceptors (Lipinski definition) is 4. The van der Waals surface area contributed by atoms with Crippen LogP contribution >= 0.6 is 11.8 Å². The number of carboxylic acids is 1. The summed E-state index contributed by atoms with van der Waals surface area (Å²) >= 11 is 1.54. The monoisotopic (exact) mass is 279 g/mol. The van der Waals surface area contributed by atoms with Crippen LogP contribution in [0.15, 0.2) is 23.4 Å². The predicted molar refractivity (Wildman–Crippen MR) is 76.7 cm³/mol. The zero-order valence-corrected chi connectivity index (χ0v) is 11.8. The quantitative estimate of drug-likeness (QED) is 0.705. The van der Waals surface area contributed by atoms with Gasteiger partial charge in [0.25, 0.3) is 0 Å². The predicted octanol–water partition coefficient (Wildman–Crippen LogP) is 2.03. The molecule has 0 bridgehead atoms. The Morgan fingerprint density at radius 2 is 2.37 bits per heavy atom. The summed E-state index contributed by atoms with van der Waals surface area (Å²) in [5.74, 6) is -0.111. The van der Waals surface area contributed by atoms with E-state index in [2.05, 4.69) is 21.4 Å². The summed E-state index contributed by atoms with van der Waals surface area (Å²) in [6, 6.07) is 5.57. The minimum atomic E-state index is -0.816. The standard InChI is InChI=1S/C13H17N3O2S/c1-8-3-4-9-11(7-8)16-13(15-9)19-6-5-10(14-2)12(17)18/h3-4,7,10,14H,5-6H2,1-2H3,(H,15,16)(H,17,18). The Bertz CT molecular complexity index is 582. The molecule has 5 nitrogen and oxygen atoms in total. The zero-order valence-electron chi connectivity index (χ0n) is 10.9. The molecule has 3 N–H and O–H groups in total. The molecular formula is C13H17N3O2S. The van der Waals surface area contributed by atoms with E-state index >= 15 is 0 Å². The Morgan fingerprint density at radius 1 is 1.58 bits per heavy atom. The number of thioether (sulfide) groups is 1. The molecule has 1 aromatic carbocycles. The number of carbonyl (C=O) groups is 1. The number of aromatic amines is 1. The first-order valence-corrected chi connectivity index (χ1v) is 7.08. The van der Waals surface area contributed by atoms with Crippen molar-refractivity contribution in [2.45, 2.75) is 24.5 Å². The fourth-order valence-corrected chi connectivity index (χ4v) is 2.73. The maximum Gasteiger partial charge on any atom is 0.320 e. The van der Waals surface area contributed by atoms with E-state index in [4.69, 9.17) is 5.11 Å². The number of nitrogens with zero attached hydrogens (tertiary/aromatic N) is 1. The van der Waals surface area contributed by atoms with E-state index in [1.54, 1.807) is 18.8 Å². The first-order valence-electron chi connectivity index (χ1n) is 6.09. The topological polar surface area (TPSA) is 78.0 Å². The Labute approximate surface area is 115 Å². The molecular weight excluding hydrogens is 262 g/mol. The van der Waals surface area contributed by atoms with Gasteiger partial charge in [0.1, 0.15) is 6.04 Å². The van der Waals surface area contributed by atoms with Crippen LogP contribution < -0.4 is 5.32 Å². The number of aromatic nitrogens is 2. The van der Waals surface area contributed by atoms with Crippen LogP contribution in [0, 0.1) is 6.92 Å². The van der Waals surface area contributed by atoms with Gasteiger partial charge < -0.3 is 15.4 Å². The number of nitrogens with one attached hydrogen (secondary N) is 2. The van der Waals surface area contributed by atoms with Gasteiger partial charge in [0.05, 0.1) is 11.0 Å². The van der Waals surface area contributed by atoms with Gasteiger partial charge in [-0.05, 0) is 38.1 Å². The number of carboxylic acid groups (broad SMARTS) is 1. The van der Waals surface area contributed by atoms with Gasteiger partial charge >= 0.3 is 5.97 Å². The number of H-pyrrole nitrogens is 1. The molecule has 0 fully saturated rings. The van der Waals surface area contributed by atoms with Gasteiger partial charge in [0.15, 0.2) is 5.16 Å². The second-order valence-corrected chi connectivity index (χ2v) is 5.46. The lowest BCUT2D eigenvalue weighted by molar-refractivity contribution is -0.139. The molecule has 19 heavy (non-hydrogen) atoms. The third-order valence-electron chi connectivity index (χ3n) is 2.91. The molecule has 0 aliphatic carbocycles. The number of fused-ring (bicyclic) bond motifs is 1. The lowest BCUT2D eigenvalue weighted by atomic mass is 10.2. The summed E-state index contributed by atoms with van der Waals surface area (Å²) in [5.41, 5.74) is 3.15. The van der Waals surface area contributed by atoms with Crippen molar-refractivity contribution in [1.29, 1.82) is 0 Å². The highest BCUT2D eigenvalue weighted by Gasteiger charge is 2.14. The van der Waals surface area contributed by atoms with Crippen molar-refractivity contribution < 1.29 is 9.90 Å². The Morgan fingerprint density at radius 3 is 3.05 bits per heavy atom. The normalized spacial score (nSPS) is 12.7. The van der Waals surface area contributed by atoms with Gasteiger partial charge in [0, 0.05) is 5.75 Å². The van der Waals surface area contributed by atoms with E-state index in [1.807, 2.05) is 19.1 Å². The van der Waals surface area contributed by atoms with Gasteiger partial charge in [0.2, 0.25) is 0 Å². The van der Waals surface area contributed by atoms with Crippen molar-refractivity contribution in [3.8, 4) is 0 Å². The maximum absolute atomic E-state index is 10.9. The van der Waals surface area contributed by atoms with Crippen LogP contribution in [-0.2, 0) is 4.79 Å². The van der Waals surface area contributed by atoms with Gasteiger partial charge in [-0.15, -0.1) is 0 Å². The molecule has 1 atom stereocenters. The molecule has 102 valence electrons. The van der Waals surface area contributed by atoms with Crippen molar-refractivity contribution in [2.75, 3.05) is 12.8 Å². The Kier molecular flexibility index (Phi) is 4.44. The molecule has 1 heterocycles.